The van der Waals surface area contributed by atoms with E-state index in [1.165, 1.54) is 6.42 Å². The summed E-state index contributed by atoms with van der Waals surface area (Å²) in [7, 11) is 0. The lowest BCUT2D eigenvalue weighted by Gasteiger charge is -2.32. The minimum Gasteiger partial charge on any atom is -0.550 e. The van der Waals surface area contributed by atoms with Gasteiger partial charge in [0.25, 0.3) is 0 Å². The first-order chi connectivity index (χ1) is 9.08. The molecule has 1 saturated carbocycles. The maximum absolute atomic E-state index is 12.2. The van der Waals surface area contributed by atoms with Gasteiger partial charge in [0.15, 0.2) is 0 Å². The molecule has 2 aliphatic rings. The quantitative estimate of drug-likeness (QED) is 0.850. The summed E-state index contributed by atoms with van der Waals surface area (Å²) in [5, 5.41) is 14.7. The maximum Gasteiger partial charge on any atom is 0.224 e. The Balaban J connectivity index is 1.98. The van der Waals surface area contributed by atoms with E-state index < -0.39 is 17.8 Å². The summed E-state index contributed by atoms with van der Waals surface area (Å²) in [5.41, 5.74) is 0. The van der Waals surface area contributed by atoms with Gasteiger partial charge in [-0.1, -0.05) is 36.9 Å². The Morgan fingerprint density at radius 3 is 2.53 bits per heavy atom. The summed E-state index contributed by atoms with van der Waals surface area (Å²) in [6, 6.07) is 0.188. The van der Waals surface area contributed by atoms with Crippen LogP contribution in [0.1, 0.15) is 44.9 Å². The van der Waals surface area contributed by atoms with Gasteiger partial charge in [0.05, 0.1) is 5.92 Å². The summed E-state index contributed by atoms with van der Waals surface area (Å²) in [4.78, 5) is 23.3. The molecule has 0 aromatic carbocycles. The van der Waals surface area contributed by atoms with Crippen molar-refractivity contribution in [1.82, 2.24) is 5.32 Å². The van der Waals surface area contributed by atoms with E-state index >= 15 is 0 Å². The predicted molar refractivity (Wildman–Crippen MR) is 70.2 cm³/mol. The Morgan fingerprint density at radius 1 is 1.21 bits per heavy atom. The van der Waals surface area contributed by atoms with Gasteiger partial charge in [-0.2, -0.15) is 0 Å². The minimum absolute atomic E-state index is 0.188. The topological polar surface area (TPSA) is 69.2 Å². The van der Waals surface area contributed by atoms with Crippen LogP contribution in [-0.4, -0.2) is 17.9 Å². The molecule has 4 nitrogen and oxygen atoms in total. The first-order valence-electron chi connectivity index (χ1n) is 6.93. The summed E-state index contributed by atoms with van der Waals surface area (Å²) in [5.74, 6) is -2.70. The third-order valence-corrected chi connectivity index (χ3v) is 4.39. The highest BCUT2D eigenvalue weighted by atomic mass is 35.5. The Morgan fingerprint density at radius 2 is 1.89 bits per heavy atom. The van der Waals surface area contributed by atoms with Crippen molar-refractivity contribution < 1.29 is 14.7 Å². The molecular weight excluding hydrogens is 266 g/mol. The van der Waals surface area contributed by atoms with Crippen molar-refractivity contribution in [3.63, 3.8) is 0 Å². The Labute approximate surface area is 118 Å². The normalized spacial score (nSPS) is 28.6. The van der Waals surface area contributed by atoms with Gasteiger partial charge in [-0.3, -0.25) is 4.79 Å². The van der Waals surface area contributed by atoms with Crippen molar-refractivity contribution in [2.45, 2.75) is 51.0 Å². The number of allylic oxidation sites excluding steroid dienone is 2. The molecule has 0 aliphatic heterocycles. The van der Waals surface area contributed by atoms with E-state index in [2.05, 4.69) is 5.32 Å². The number of carboxylic acids is 1. The average molecular weight is 285 g/mol. The van der Waals surface area contributed by atoms with Crippen LogP contribution >= 0.6 is 11.6 Å². The Kier molecular flexibility index (Phi) is 4.86. The van der Waals surface area contributed by atoms with Gasteiger partial charge in [0.2, 0.25) is 5.91 Å². The van der Waals surface area contributed by atoms with Crippen LogP contribution in [-0.2, 0) is 9.59 Å². The second kappa shape index (κ2) is 6.42. The molecule has 1 fully saturated rings. The average Bonchev–Trinajstić information content (AvgIpc) is 2.39. The molecule has 1 N–H and O–H groups in total. The van der Waals surface area contributed by atoms with E-state index in [9.17, 15) is 14.7 Å². The second-order valence-corrected chi connectivity index (χ2v) is 5.95. The molecule has 0 saturated heterocycles. The van der Waals surface area contributed by atoms with E-state index in [1.807, 2.05) is 0 Å². The molecule has 106 valence electrons. The van der Waals surface area contributed by atoms with E-state index in [4.69, 9.17) is 11.6 Å². The monoisotopic (exact) mass is 284 g/mol. The zero-order valence-corrected chi connectivity index (χ0v) is 11.6. The van der Waals surface area contributed by atoms with E-state index in [0.29, 0.717) is 11.5 Å². The largest absolute Gasteiger partial charge is 0.550 e. The predicted octanol–water partition coefficient (Wildman–Crippen LogP) is 1.33. The standard InChI is InChI=1S/C14H20ClNO3/c15-9-6-7-11(14(18)19)12(8-9)13(17)16-10-4-2-1-3-5-10/h6,10-12H,1-5,7-8H2,(H,16,17)(H,18,19)/p-1/t11-,12+/m0/s1. The third-order valence-electron chi connectivity index (χ3n) is 4.08. The van der Waals surface area contributed by atoms with Gasteiger partial charge in [0, 0.05) is 23.0 Å². The fourth-order valence-electron chi connectivity index (χ4n) is 2.95. The summed E-state index contributed by atoms with van der Waals surface area (Å²) < 4.78 is 0. The van der Waals surface area contributed by atoms with Crippen LogP contribution in [0.5, 0.6) is 0 Å². The lowest BCUT2D eigenvalue weighted by atomic mass is 9.82. The van der Waals surface area contributed by atoms with Crippen molar-refractivity contribution in [2.24, 2.45) is 11.8 Å². The number of carbonyl (C=O) groups is 2. The molecule has 2 rings (SSSR count). The van der Waals surface area contributed by atoms with Crippen molar-refractivity contribution in [1.29, 1.82) is 0 Å². The van der Waals surface area contributed by atoms with Crippen LogP contribution in [0.25, 0.3) is 0 Å². The Hall–Kier alpha value is -1.03. The second-order valence-electron chi connectivity index (χ2n) is 5.47. The summed E-state index contributed by atoms with van der Waals surface area (Å²) in [6.07, 6.45) is 7.69. The van der Waals surface area contributed by atoms with E-state index in [0.717, 1.165) is 25.7 Å². The molecule has 2 aliphatic carbocycles. The van der Waals surface area contributed by atoms with Crippen LogP contribution in [0.3, 0.4) is 0 Å². The molecule has 5 heteroatoms. The number of hydrogen-bond acceptors (Lipinski definition) is 3. The molecule has 19 heavy (non-hydrogen) atoms. The molecule has 0 radical (unpaired) electrons. The van der Waals surface area contributed by atoms with Crippen molar-refractivity contribution in [2.75, 3.05) is 0 Å². The third kappa shape index (κ3) is 3.72. The van der Waals surface area contributed by atoms with E-state index in [-0.39, 0.29) is 18.4 Å². The van der Waals surface area contributed by atoms with Crippen LogP contribution in [0.2, 0.25) is 0 Å². The number of halogens is 1. The highest BCUT2D eigenvalue weighted by Crippen LogP contribution is 2.32. The van der Waals surface area contributed by atoms with Crippen molar-refractivity contribution in [3.05, 3.63) is 11.1 Å². The number of hydrogen-bond donors (Lipinski definition) is 1. The van der Waals surface area contributed by atoms with Gasteiger partial charge in [-0.15, -0.1) is 0 Å². The highest BCUT2D eigenvalue weighted by Gasteiger charge is 2.33. The first kappa shape index (κ1) is 14.4. The van der Waals surface area contributed by atoms with Gasteiger partial charge < -0.3 is 15.2 Å². The first-order valence-corrected chi connectivity index (χ1v) is 7.31. The zero-order chi connectivity index (χ0) is 13.8. The molecule has 0 heterocycles. The van der Waals surface area contributed by atoms with Crippen molar-refractivity contribution in [3.8, 4) is 0 Å². The molecule has 0 unspecified atom stereocenters. The van der Waals surface area contributed by atoms with Crippen molar-refractivity contribution >= 4 is 23.5 Å². The summed E-state index contributed by atoms with van der Waals surface area (Å²) in [6.45, 7) is 0. The molecular formula is C14H19ClNO3-. The van der Waals surface area contributed by atoms with Gasteiger partial charge in [-0.25, -0.2) is 0 Å². The number of aliphatic carboxylic acids is 1. The van der Waals surface area contributed by atoms with Gasteiger partial charge in [-0.05, 0) is 25.7 Å². The lowest BCUT2D eigenvalue weighted by Crippen LogP contribution is -2.47. The number of nitrogens with one attached hydrogen (secondary N) is 1. The fraction of sp³-hybridized carbons (Fsp3) is 0.714. The van der Waals surface area contributed by atoms with Crippen LogP contribution in [0.4, 0.5) is 0 Å². The molecule has 0 aromatic heterocycles. The lowest BCUT2D eigenvalue weighted by molar-refractivity contribution is -0.313. The van der Waals surface area contributed by atoms with Crippen LogP contribution < -0.4 is 10.4 Å². The van der Waals surface area contributed by atoms with E-state index in [1.54, 1.807) is 6.08 Å². The summed E-state index contributed by atoms with van der Waals surface area (Å²) >= 11 is 5.94. The maximum atomic E-state index is 12.2. The molecule has 2 atom stereocenters. The smallest absolute Gasteiger partial charge is 0.224 e. The van der Waals surface area contributed by atoms with Gasteiger partial charge in [0.1, 0.15) is 0 Å². The van der Waals surface area contributed by atoms with Crippen LogP contribution in [0.15, 0.2) is 11.1 Å². The van der Waals surface area contributed by atoms with Crippen LogP contribution in [0, 0.1) is 11.8 Å². The number of carboxylic acid groups (broad SMARTS) is 1. The number of carbonyl (C=O) groups excluding carboxylic acids is 2. The zero-order valence-electron chi connectivity index (χ0n) is 10.9. The Bertz CT molecular complexity index is 388. The highest BCUT2D eigenvalue weighted by molar-refractivity contribution is 6.29. The molecule has 1 amide bonds. The molecule has 0 spiro atoms. The SMILES string of the molecule is O=C([O-])[C@H]1CC=C(Cl)C[C@H]1C(=O)NC1CCCCC1. The fourth-order valence-corrected chi connectivity index (χ4v) is 3.20. The minimum atomic E-state index is -1.16. The number of rotatable bonds is 3. The molecule has 0 bridgehead atoms. The van der Waals surface area contributed by atoms with Gasteiger partial charge >= 0.3 is 0 Å². The number of amides is 1. The molecule has 0 aromatic rings.